The summed E-state index contributed by atoms with van der Waals surface area (Å²) in [6.45, 7) is 0. The van der Waals surface area contributed by atoms with E-state index in [0.29, 0.717) is 0 Å². The fourth-order valence-corrected chi connectivity index (χ4v) is 4.01. The maximum Gasteiger partial charge on any atom is 0.358 e. The van der Waals surface area contributed by atoms with Gasteiger partial charge in [-0.05, 0) is 12.1 Å². The Bertz CT molecular complexity index is 749. The summed E-state index contributed by atoms with van der Waals surface area (Å²) in [7, 11) is -3.88. The van der Waals surface area contributed by atoms with Crippen LogP contribution in [-0.4, -0.2) is 24.7 Å². The molecular formula is C11H7Cl2NO5S. The van der Waals surface area contributed by atoms with Crippen molar-refractivity contribution in [1.82, 2.24) is 5.16 Å². The maximum absolute atomic E-state index is 12.2. The van der Waals surface area contributed by atoms with Gasteiger partial charge < -0.3 is 9.63 Å². The monoisotopic (exact) mass is 335 g/mol. The van der Waals surface area contributed by atoms with E-state index in [-0.39, 0.29) is 26.4 Å². The molecule has 0 aliphatic carbocycles. The van der Waals surface area contributed by atoms with Crippen LogP contribution in [0, 0.1) is 0 Å². The highest BCUT2D eigenvalue weighted by atomic mass is 35.5. The van der Waals surface area contributed by atoms with E-state index in [1.807, 2.05) is 0 Å². The van der Waals surface area contributed by atoms with Crippen LogP contribution in [0.25, 0.3) is 0 Å². The molecule has 20 heavy (non-hydrogen) atoms. The van der Waals surface area contributed by atoms with Crippen LogP contribution in [0.15, 0.2) is 33.7 Å². The van der Waals surface area contributed by atoms with E-state index in [2.05, 4.69) is 9.68 Å². The van der Waals surface area contributed by atoms with Crippen molar-refractivity contribution in [3.63, 3.8) is 0 Å². The molecule has 0 radical (unpaired) electrons. The molecule has 0 bridgehead atoms. The smallest absolute Gasteiger partial charge is 0.358 e. The maximum atomic E-state index is 12.2. The predicted molar refractivity (Wildman–Crippen MR) is 70.8 cm³/mol. The average molecular weight is 336 g/mol. The van der Waals surface area contributed by atoms with Gasteiger partial charge in [-0.2, -0.15) is 0 Å². The third kappa shape index (κ3) is 2.95. The van der Waals surface area contributed by atoms with E-state index in [4.69, 9.17) is 28.3 Å². The van der Waals surface area contributed by atoms with Gasteiger partial charge in [0, 0.05) is 6.07 Å². The minimum Gasteiger partial charge on any atom is -0.476 e. The molecular weight excluding hydrogens is 329 g/mol. The molecule has 0 aliphatic rings. The first-order valence-corrected chi connectivity index (χ1v) is 7.58. The van der Waals surface area contributed by atoms with Crippen LogP contribution in [0.2, 0.25) is 10.0 Å². The number of aromatic carboxylic acids is 1. The second-order valence-electron chi connectivity index (χ2n) is 3.79. The molecule has 106 valence electrons. The van der Waals surface area contributed by atoms with Gasteiger partial charge in [0.05, 0.1) is 10.0 Å². The van der Waals surface area contributed by atoms with Gasteiger partial charge >= 0.3 is 5.97 Å². The summed E-state index contributed by atoms with van der Waals surface area (Å²) in [5.74, 6) is -2.01. The van der Waals surface area contributed by atoms with Gasteiger partial charge in [0.2, 0.25) is 0 Å². The Balaban J connectivity index is 2.38. The summed E-state index contributed by atoms with van der Waals surface area (Å²) in [5, 5.41) is 11.9. The molecule has 0 unspecified atom stereocenters. The van der Waals surface area contributed by atoms with E-state index in [1.165, 1.54) is 18.2 Å². The topological polar surface area (TPSA) is 97.5 Å². The average Bonchev–Trinajstić information content (AvgIpc) is 2.76. The number of nitrogens with zero attached hydrogens (tertiary/aromatic N) is 1. The lowest BCUT2D eigenvalue weighted by atomic mass is 10.4. The summed E-state index contributed by atoms with van der Waals surface area (Å²) in [4.78, 5) is 10.4. The molecule has 0 atom stereocenters. The van der Waals surface area contributed by atoms with Gasteiger partial charge in [-0.3, -0.25) is 0 Å². The molecule has 0 amide bonds. The van der Waals surface area contributed by atoms with Crippen LogP contribution in [0.3, 0.4) is 0 Å². The molecule has 1 N–H and O–H groups in total. The number of carboxylic acid groups (broad SMARTS) is 1. The number of rotatable bonds is 4. The summed E-state index contributed by atoms with van der Waals surface area (Å²) in [5.41, 5.74) is -0.375. The standard InChI is InChI=1S/C11H7Cl2NO5S/c12-7-2-1-3-8(13)10(7)20(17,18)5-6-4-9(11(15)16)14-19-6/h1-4H,5H2,(H,15,16). The number of hydrogen-bond acceptors (Lipinski definition) is 5. The van der Waals surface area contributed by atoms with Crippen molar-refractivity contribution < 1.29 is 22.8 Å². The number of hydrogen-bond donors (Lipinski definition) is 1. The first-order valence-electron chi connectivity index (χ1n) is 5.17. The third-order valence-electron chi connectivity index (χ3n) is 2.34. The van der Waals surface area contributed by atoms with Gasteiger partial charge in [-0.25, -0.2) is 13.2 Å². The zero-order chi connectivity index (χ0) is 14.9. The van der Waals surface area contributed by atoms with Gasteiger partial charge in [0.15, 0.2) is 21.3 Å². The minimum absolute atomic E-state index is 0.0181. The Hall–Kier alpha value is -1.57. The molecule has 0 aliphatic heterocycles. The second-order valence-corrected chi connectivity index (χ2v) is 6.53. The first-order chi connectivity index (χ1) is 9.31. The van der Waals surface area contributed by atoms with Crippen LogP contribution in [-0.2, 0) is 15.6 Å². The number of benzene rings is 1. The fourth-order valence-electron chi connectivity index (χ4n) is 1.52. The molecule has 1 heterocycles. The van der Waals surface area contributed by atoms with Crippen molar-refractivity contribution in [3.8, 4) is 0 Å². The second kappa shape index (κ2) is 5.43. The van der Waals surface area contributed by atoms with Crippen molar-refractivity contribution >= 4 is 39.0 Å². The van der Waals surface area contributed by atoms with Crippen molar-refractivity contribution in [1.29, 1.82) is 0 Å². The molecule has 0 spiro atoms. The third-order valence-corrected chi connectivity index (χ3v) is 4.92. The Morgan fingerprint density at radius 2 is 1.90 bits per heavy atom. The lowest BCUT2D eigenvalue weighted by Crippen LogP contribution is -2.06. The first kappa shape index (κ1) is 14.8. The minimum atomic E-state index is -3.88. The number of carbonyl (C=O) groups is 1. The molecule has 0 saturated carbocycles. The zero-order valence-electron chi connectivity index (χ0n) is 9.71. The number of aromatic nitrogens is 1. The summed E-state index contributed by atoms with van der Waals surface area (Å²) >= 11 is 11.7. The number of halogens is 2. The Kier molecular flexibility index (Phi) is 4.03. The van der Waals surface area contributed by atoms with Crippen molar-refractivity contribution in [3.05, 3.63) is 45.8 Å². The van der Waals surface area contributed by atoms with E-state index in [0.717, 1.165) is 6.07 Å². The highest BCUT2D eigenvalue weighted by Crippen LogP contribution is 2.31. The lowest BCUT2D eigenvalue weighted by Gasteiger charge is -2.06. The summed E-state index contributed by atoms with van der Waals surface area (Å²) < 4.78 is 29.1. The SMILES string of the molecule is O=C(O)c1cc(CS(=O)(=O)c2c(Cl)cccc2Cl)on1. The van der Waals surface area contributed by atoms with Gasteiger partial charge in [-0.15, -0.1) is 0 Å². The van der Waals surface area contributed by atoms with Crippen molar-refractivity contribution in [2.75, 3.05) is 0 Å². The van der Waals surface area contributed by atoms with E-state index < -0.39 is 21.6 Å². The predicted octanol–water partition coefficient (Wildman–Crippen LogP) is 2.65. The molecule has 6 nitrogen and oxygen atoms in total. The van der Waals surface area contributed by atoms with Crippen LogP contribution < -0.4 is 0 Å². The van der Waals surface area contributed by atoms with Gasteiger partial charge in [-0.1, -0.05) is 34.4 Å². The molecule has 0 fully saturated rings. The number of carboxylic acids is 1. The quantitative estimate of drug-likeness (QED) is 0.922. The Labute approximate surface area is 123 Å². The van der Waals surface area contributed by atoms with E-state index in [1.54, 1.807) is 0 Å². The molecule has 2 rings (SSSR count). The number of sulfone groups is 1. The van der Waals surface area contributed by atoms with Gasteiger partial charge in [0.1, 0.15) is 10.6 Å². The summed E-state index contributed by atoms with van der Waals surface area (Å²) in [6.07, 6.45) is 0. The Morgan fingerprint density at radius 3 is 2.40 bits per heavy atom. The van der Waals surface area contributed by atoms with Crippen molar-refractivity contribution in [2.24, 2.45) is 0 Å². The molecule has 1 aromatic heterocycles. The normalized spacial score (nSPS) is 11.5. The van der Waals surface area contributed by atoms with Crippen LogP contribution in [0.4, 0.5) is 0 Å². The van der Waals surface area contributed by atoms with Crippen LogP contribution in [0.1, 0.15) is 16.2 Å². The van der Waals surface area contributed by atoms with E-state index >= 15 is 0 Å². The van der Waals surface area contributed by atoms with Crippen LogP contribution >= 0.6 is 23.2 Å². The molecule has 1 aromatic carbocycles. The molecule has 2 aromatic rings. The lowest BCUT2D eigenvalue weighted by molar-refractivity contribution is 0.0685. The van der Waals surface area contributed by atoms with Gasteiger partial charge in [0.25, 0.3) is 0 Å². The largest absolute Gasteiger partial charge is 0.476 e. The van der Waals surface area contributed by atoms with E-state index in [9.17, 15) is 13.2 Å². The van der Waals surface area contributed by atoms with Crippen LogP contribution in [0.5, 0.6) is 0 Å². The Morgan fingerprint density at radius 1 is 1.30 bits per heavy atom. The fraction of sp³-hybridized carbons (Fsp3) is 0.0909. The zero-order valence-corrected chi connectivity index (χ0v) is 12.0. The highest BCUT2D eigenvalue weighted by Gasteiger charge is 2.24. The highest BCUT2D eigenvalue weighted by molar-refractivity contribution is 7.90. The molecule has 0 saturated heterocycles. The van der Waals surface area contributed by atoms with Crippen molar-refractivity contribution in [2.45, 2.75) is 10.6 Å². The molecule has 9 heteroatoms. The summed E-state index contributed by atoms with van der Waals surface area (Å²) in [6, 6.07) is 5.33.